The monoisotopic (exact) mass is 476 g/mol. The molecule has 10 heteroatoms. The molecule has 0 saturated carbocycles. The van der Waals surface area contributed by atoms with Gasteiger partial charge in [-0.15, -0.1) is 0 Å². The second-order valence-electron chi connectivity index (χ2n) is 9.27. The van der Waals surface area contributed by atoms with E-state index in [9.17, 15) is 18.0 Å². The molecule has 2 fully saturated rings. The first-order valence-corrected chi connectivity index (χ1v) is 11.7. The fraction of sp³-hybridized carbons (Fsp3) is 0.542. The number of hydrogen-bond donors (Lipinski definition) is 1. The molecule has 0 radical (unpaired) electrons. The molecule has 2 atom stereocenters. The summed E-state index contributed by atoms with van der Waals surface area (Å²) in [6, 6.07) is 10.2. The smallest absolute Gasteiger partial charge is 0.337 e. The van der Waals surface area contributed by atoms with E-state index in [2.05, 4.69) is 32.3 Å². The van der Waals surface area contributed by atoms with E-state index >= 15 is 0 Å². The number of hydrogen-bond acceptors (Lipinski definition) is 5. The van der Waals surface area contributed by atoms with Crippen LogP contribution in [0.25, 0.3) is 0 Å². The summed E-state index contributed by atoms with van der Waals surface area (Å²) in [6.07, 6.45) is -1.04. The highest BCUT2D eigenvalue weighted by atomic mass is 19.4. The van der Waals surface area contributed by atoms with Crippen molar-refractivity contribution in [2.24, 2.45) is 0 Å². The van der Waals surface area contributed by atoms with E-state index in [0.29, 0.717) is 13.1 Å². The average Bonchev–Trinajstić information content (AvgIpc) is 2.80. The van der Waals surface area contributed by atoms with Crippen LogP contribution in [0.1, 0.15) is 37.8 Å². The SMILES string of the molecule is C[C@@H]1CN(c2ncc(C(F)(F)F)cn2)C[C@H](C)N1C(=O)NC1CCN(Cc2ccccc2)CC1. The maximum Gasteiger partial charge on any atom is 0.419 e. The summed E-state index contributed by atoms with van der Waals surface area (Å²) in [6.45, 7) is 7.58. The normalized spacial score (nSPS) is 22.6. The minimum atomic E-state index is -4.46. The second-order valence-corrected chi connectivity index (χ2v) is 9.27. The topological polar surface area (TPSA) is 64.6 Å². The van der Waals surface area contributed by atoms with Crippen molar-refractivity contribution in [3.8, 4) is 0 Å². The Kier molecular flexibility index (Phi) is 7.25. The summed E-state index contributed by atoms with van der Waals surface area (Å²) in [5.74, 6) is 0.248. The molecule has 4 rings (SSSR count). The van der Waals surface area contributed by atoms with E-state index in [1.807, 2.05) is 41.8 Å². The number of nitrogens with one attached hydrogen (secondary N) is 1. The third-order valence-corrected chi connectivity index (χ3v) is 6.57. The molecule has 0 bridgehead atoms. The molecule has 2 amide bonds. The zero-order chi connectivity index (χ0) is 24.3. The quantitative estimate of drug-likeness (QED) is 0.728. The van der Waals surface area contributed by atoms with Crippen molar-refractivity contribution in [1.82, 2.24) is 25.1 Å². The molecule has 34 heavy (non-hydrogen) atoms. The molecule has 1 aromatic carbocycles. The standard InChI is InChI=1S/C24H31F3N6O/c1-17-14-32(22-28-12-20(13-29-22)24(25,26)27)15-18(2)33(17)23(34)30-21-8-10-31(11-9-21)16-19-6-4-3-5-7-19/h3-7,12-13,17-18,21H,8-11,14-16H2,1-2H3,(H,30,34)/t17-,18+. The van der Waals surface area contributed by atoms with Gasteiger partial charge in [-0.25, -0.2) is 14.8 Å². The Morgan fingerprint density at radius 3 is 2.18 bits per heavy atom. The summed E-state index contributed by atoms with van der Waals surface area (Å²) in [5.41, 5.74) is 0.424. The lowest BCUT2D eigenvalue weighted by atomic mass is 10.0. The highest BCUT2D eigenvalue weighted by molar-refractivity contribution is 5.75. The van der Waals surface area contributed by atoms with Gasteiger partial charge in [0.1, 0.15) is 0 Å². The van der Waals surface area contributed by atoms with Gasteiger partial charge >= 0.3 is 12.2 Å². The molecule has 2 aliphatic heterocycles. The Balaban J connectivity index is 1.28. The number of amides is 2. The van der Waals surface area contributed by atoms with Crippen LogP contribution in [0.5, 0.6) is 0 Å². The van der Waals surface area contributed by atoms with Crippen LogP contribution in [0.2, 0.25) is 0 Å². The van der Waals surface area contributed by atoms with Crippen molar-refractivity contribution in [2.75, 3.05) is 31.1 Å². The van der Waals surface area contributed by atoms with Gasteiger partial charge in [0.25, 0.3) is 0 Å². The number of piperazine rings is 1. The summed E-state index contributed by atoms with van der Waals surface area (Å²) in [4.78, 5) is 27.0. The van der Waals surface area contributed by atoms with E-state index < -0.39 is 11.7 Å². The van der Waals surface area contributed by atoms with Crippen molar-refractivity contribution in [2.45, 2.75) is 57.5 Å². The van der Waals surface area contributed by atoms with E-state index in [-0.39, 0.29) is 30.1 Å². The number of aromatic nitrogens is 2. The van der Waals surface area contributed by atoms with Crippen LogP contribution in [-0.2, 0) is 12.7 Å². The lowest BCUT2D eigenvalue weighted by Gasteiger charge is -2.45. The molecule has 2 aliphatic rings. The van der Waals surface area contributed by atoms with Gasteiger partial charge < -0.3 is 15.1 Å². The minimum Gasteiger partial charge on any atom is -0.337 e. The zero-order valence-electron chi connectivity index (χ0n) is 19.5. The largest absolute Gasteiger partial charge is 0.419 e. The Morgan fingerprint density at radius 1 is 1.03 bits per heavy atom. The summed E-state index contributed by atoms with van der Waals surface area (Å²) in [5, 5.41) is 3.20. The van der Waals surface area contributed by atoms with Gasteiger partial charge in [-0.2, -0.15) is 13.2 Å². The number of anilines is 1. The zero-order valence-corrected chi connectivity index (χ0v) is 19.5. The fourth-order valence-corrected chi connectivity index (χ4v) is 4.84. The number of piperidine rings is 1. The lowest BCUT2D eigenvalue weighted by molar-refractivity contribution is -0.138. The van der Waals surface area contributed by atoms with Gasteiger partial charge in [-0.1, -0.05) is 30.3 Å². The second kappa shape index (κ2) is 10.2. The summed E-state index contributed by atoms with van der Waals surface area (Å²) >= 11 is 0. The Bertz CT molecular complexity index is 935. The molecule has 0 aliphatic carbocycles. The van der Waals surface area contributed by atoms with Crippen LogP contribution in [-0.4, -0.2) is 70.1 Å². The Labute approximate surface area is 198 Å². The van der Waals surface area contributed by atoms with Crippen LogP contribution in [0.4, 0.5) is 23.9 Å². The van der Waals surface area contributed by atoms with Crippen LogP contribution >= 0.6 is 0 Å². The summed E-state index contributed by atoms with van der Waals surface area (Å²) < 4.78 is 38.4. The van der Waals surface area contributed by atoms with E-state index in [0.717, 1.165) is 44.9 Å². The molecule has 2 saturated heterocycles. The first kappa shape index (κ1) is 24.3. The van der Waals surface area contributed by atoms with Crippen LogP contribution < -0.4 is 10.2 Å². The number of nitrogens with zero attached hydrogens (tertiary/aromatic N) is 5. The van der Waals surface area contributed by atoms with Gasteiger partial charge in [-0.3, -0.25) is 4.90 Å². The minimum absolute atomic E-state index is 0.0884. The number of urea groups is 1. The number of benzene rings is 1. The van der Waals surface area contributed by atoms with E-state index in [4.69, 9.17) is 0 Å². The van der Waals surface area contributed by atoms with Gasteiger partial charge in [0.15, 0.2) is 0 Å². The van der Waals surface area contributed by atoms with Gasteiger partial charge in [0.05, 0.1) is 5.56 Å². The molecule has 0 unspecified atom stereocenters. The first-order chi connectivity index (χ1) is 16.2. The number of likely N-dealkylation sites (tertiary alicyclic amines) is 1. The number of rotatable bonds is 4. The highest BCUT2D eigenvalue weighted by Gasteiger charge is 2.36. The molecule has 3 heterocycles. The molecule has 1 N–H and O–H groups in total. The van der Waals surface area contributed by atoms with Crippen LogP contribution in [0, 0.1) is 0 Å². The predicted octanol–water partition coefficient (Wildman–Crippen LogP) is 3.77. The van der Waals surface area contributed by atoms with Crippen molar-refractivity contribution in [3.05, 3.63) is 53.9 Å². The predicted molar refractivity (Wildman–Crippen MR) is 123 cm³/mol. The Hall–Kier alpha value is -2.88. The third kappa shape index (κ3) is 5.78. The number of alkyl halides is 3. The fourth-order valence-electron chi connectivity index (χ4n) is 4.84. The third-order valence-electron chi connectivity index (χ3n) is 6.57. The van der Waals surface area contributed by atoms with Crippen LogP contribution in [0.3, 0.4) is 0 Å². The van der Waals surface area contributed by atoms with Gasteiger partial charge in [-0.05, 0) is 32.3 Å². The average molecular weight is 477 g/mol. The summed E-state index contributed by atoms with van der Waals surface area (Å²) in [7, 11) is 0. The first-order valence-electron chi connectivity index (χ1n) is 11.7. The van der Waals surface area contributed by atoms with Crippen molar-refractivity contribution in [1.29, 1.82) is 0 Å². The van der Waals surface area contributed by atoms with Crippen molar-refractivity contribution < 1.29 is 18.0 Å². The van der Waals surface area contributed by atoms with Crippen molar-refractivity contribution >= 4 is 12.0 Å². The van der Waals surface area contributed by atoms with Crippen LogP contribution in [0.15, 0.2) is 42.7 Å². The van der Waals surface area contributed by atoms with E-state index in [1.54, 1.807) is 0 Å². The highest BCUT2D eigenvalue weighted by Crippen LogP contribution is 2.29. The number of carbonyl (C=O) groups is 1. The number of carbonyl (C=O) groups excluding carboxylic acids is 1. The van der Waals surface area contributed by atoms with Gasteiger partial charge in [0.2, 0.25) is 5.95 Å². The number of halogens is 3. The molecule has 1 aromatic heterocycles. The molecule has 7 nitrogen and oxygen atoms in total. The van der Waals surface area contributed by atoms with Gasteiger partial charge in [0, 0.05) is 63.2 Å². The molecule has 2 aromatic rings. The van der Waals surface area contributed by atoms with E-state index in [1.165, 1.54) is 5.56 Å². The van der Waals surface area contributed by atoms with Crippen molar-refractivity contribution in [3.63, 3.8) is 0 Å². The maximum absolute atomic E-state index is 13.1. The lowest BCUT2D eigenvalue weighted by Crippen LogP contribution is -2.62. The molecule has 0 spiro atoms. The Morgan fingerprint density at radius 2 is 1.62 bits per heavy atom. The molecular weight excluding hydrogens is 445 g/mol. The molecule has 184 valence electrons. The molecular formula is C24H31F3N6O. The maximum atomic E-state index is 13.1.